The van der Waals surface area contributed by atoms with E-state index < -0.39 is 18.0 Å². The van der Waals surface area contributed by atoms with Crippen LogP contribution in [0, 0.1) is 0 Å². The largest absolute Gasteiger partial charge is 0.444 e. The van der Waals surface area contributed by atoms with Gasteiger partial charge in [-0.25, -0.2) is 4.79 Å². The second-order valence-corrected chi connectivity index (χ2v) is 7.24. The summed E-state index contributed by atoms with van der Waals surface area (Å²) in [5, 5.41) is 6.04. The van der Waals surface area contributed by atoms with Gasteiger partial charge in [0.2, 0.25) is 11.8 Å². The van der Waals surface area contributed by atoms with E-state index in [1.54, 1.807) is 18.2 Å². The highest BCUT2D eigenvalue weighted by Gasteiger charge is 2.39. The molecular weight excluding hydrogens is 408 g/mol. The van der Waals surface area contributed by atoms with Gasteiger partial charge in [-0.3, -0.25) is 25.0 Å². The lowest BCUT2D eigenvalue weighted by atomic mass is 10.0. The fraction of sp³-hybridized carbons (Fsp3) is 0.350. The van der Waals surface area contributed by atoms with Crippen LogP contribution < -0.4 is 16.4 Å². The van der Waals surface area contributed by atoms with Gasteiger partial charge >= 0.3 is 6.09 Å². The first-order valence-electron chi connectivity index (χ1n) is 9.48. The molecule has 4 N–H and O–H groups in total. The monoisotopic (exact) mass is 430 g/mol. The number of amides is 4. The zero-order chi connectivity index (χ0) is 21.8. The molecule has 0 radical (unpaired) electrons. The summed E-state index contributed by atoms with van der Waals surface area (Å²) in [7, 11) is 0. The Morgan fingerprint density at radius 1 is 1.40 bits per heavy atom. The Morgan fingerprint density at radius 2 is 2.17 bits per heavy atom. The van der Waals surface area contributed by atoms with Crippen LogP contribution in [-0.2, 0) is 27.5 Å². The number of nitrogens with zero attached hydrogens (tertiary/aromatic N) is 1. The van der Waals surface area contributed by atoms with Crippen molar-refractivity contribution in [1.29, 1.82) is 0 Å². The van der Waals surface area contributed by atoms with Crippen molar-refractivity contribution in [2.45, 2.75) is 45.4 Å². The predicted octanol–water partition coefficient (Wildman–Crippen LogP) is 1.25. The molecule has 9 nitrogen and oxygen atoms in total. The van der Waals surface area contributed by atoms with Gasteiger partial charge in [-0.15, -0.1) is 0 Å². The van der Waals surface area contributed by atoms with Gasteiger partial charge in [0.05, 0.1) is 5.70 Å². The maximum atomic E-state index is 12.8. The Labute approximate surface area is 178 Å². The topological polar surface area (TPSA) is 131 Å². The number of thiocarbonyl (C=S) groups is 1. The molecule has 0 bridgehead atoms. The molecule has 2 aliphatic rings. The van der Waals surface area contributed by atoms with Gasteiger partial charge in [0.1, 0.15) is 12.6 Å². The van der Waals surface area contributed by atoms with E-state index in [9.17, 15) is 19.2 Å². The Bertz CT molecular complexity index is 959. The van der Waals surface area contributed by atoms with E-state index in [0.29, 0.717) is 41.9 Å². The summed E-state index contributed by atoms with van der Waals surface area (Å²) in [6.45, 7) is 2.07. The fourth-order valence-electron chi connectivity index (χ4n) is 3.36. The quantitative estimate of drug-likeness (QED) is 0.352. The molecule has 2 heterocycles. The van der Waals surface area contributed by atoms with Gasteiger partial charge in [0.15, 0.2) is 0 Å². The lowest BCUT2D eigenvalue weighted by Gasteiger charge is -2.29. The number of imide groups is 1. The number of carbonyl (C=O) groups is 4. The van der Waals surface area contributed by atoms with Crippen molar-refractivity contribution in [2.75, 3.05) is 0 Å². The van der Waals surface area contributed by atoms with Crippen LogP contribution in [0.2, 0.25) is 0 Å². The lowest BCUT2D eigenvalue weighted by molar-refractivity contribution is -0.136. The third-order valence-corrected chi connectivity index (χ3v) is 5.28. The Kier molecular flexibility index (Phi) is 6.46. The maximum absolute atomic E-state index is 12.8. The molecule has 158 valence electrons. The summed E-state index contributed by atoms with van der Waals surface area (Å²) in [4.78, 5) is 49.7. The molecule has 1 aromatic rings. The van der Waals surface area contributed by atoms with E-state index in [4.69, 9.17) is 22.7 Å². The molecule has 10 heteroatoms. The van der Waals surface area contributed by atoms with E-state index in [-0.39, 0.29) is 24.8 Å². The first-order chi connectivity index (χ1) is 14.3. The number of fused-ring (bicyclic) bond motifs is 1. The number of hydrogen-bond donors (Lipinski definition) is 3. The molecule has 1 unspecified atom stereocenters. The van der Waals surface area contributed by atoms with Crippen molar-refractivity contribution in [3.63, 3.8) is 0 Å². The van der Waals surface area contributed by atoms with Crippen molar-refractivity contribution in [1.82, 2.24) is 15.5 Å². The summed E-state index contributed by atoms with van der Waals surface area (Å²) in [6.07, 6.45) is 0.321. The fourth-order valence-corrected chi connectivity index (χ4v) is 3.57. The molecule has 4 amide bonds. The summed E-state index contributed by atoms with van der Waals surface area (Å²) in [5.41, 5.74) is 8.39. The van der Waals surface area contributed by atoms with Gasteiger partial charge in [-0.2, -0.15) is 0 Å². The van der Waals surface area contributed by atoms with Crippen LogP contribution in [0.3, 0.4) is 0 Å². The van der Waals surface area contributed by atoms with Crippen LogP contribution in [0.4, 0.5) is 4.79 Å². The van der Waals surface area contributed by atoms with Gasteiger partial charge in [0, 0.05) is 29.6 Å². The van der Waals surface area contributed by atoms with Crippen LogP contribution in [0.1, 0.15) is 47.7 Å². The molecule has 30 heavy (non-hydrogen) atoms. The standard InChI is InChI=1S/C20H22N4O5S/c1-2-14(21)15(10-30)22-20(28)29-9-11-3-4-12-8-24(19(27)13(12)7-11)16-5-6-17(25)23-18(16)26/h3-4,7,10,16H,2,5-6,8-9,21H2,1H3,(H,22,28)(H,23,25,26)/b15-14+. The highest BCUT2D eigenvalue weighted by atomic mass is 32.1. The molecule has 0 saturated carbocycles. The first kappa shape index (κ1) is 21.4. The lowest BCUT2D eigenvalue weighted by Crippen LogP contribution is -2.52. The number of ether oxygens (including phenoxy) is 1. The van der Waals surface area contributed by atoms with Crippen LogP contribution in [0.25, 0.3) is 0 Å². The minimum atomic E-state index is -0.709. The summed E-state index contributed by atoms with van der Waals surface area (Å²) in [6, 6.07) is 4.50. The average Bonchev–Trinajstić information content (AvgIpc) is 3.05. The average molecular weight is 430 g/mol. The van der Waals surface area contributed by atoms with E-state index in [0.717, 1.165) is 5.56 Å². The minimum absolute atomic E-state index is 0.0540. The van der Waals surface area contributed by atoms with Crippen molar-refractivity contribution < 1.29 is 23.9 Å². The summed E-state index contributed by atoms with van der Waals surface area (Å²) < 4.78 is 5.19. The third-order valence-electron chi connectivity index (χ3n) is 5.04. The Morgan fingerprint density at radius 3 is 2.83 bits per heavy atom. The normalized spacial score (nSPS) is 19.0. The number of nitrogens with two attached hydrogens (primary N) is 1. The van der Waals surface area contributed by atoms with Gasteiger partial charge in [-0.1, -0.05) is 31.3 Å². The molecule has 1 aromatic carbocycles. The maximum Gasteiger partial charge on any atom is 0.412 e. The molecule has 1 fully saturated rings. The Balaban J connectivity index is 1.64. The second-order valence-electron chi connectivity index (χ2n) is 7.00. The van der Waals surface area contributed by atoms with E-state index in [2.05, 4.69) is 10.6 Å². The number of carbonyl (C=O) groups excluding carboxylic acids is 4. The molecule has 0 aromatic heterocycles. The summed E-state index contributed by atoms with van der Waals surface area (Å²) >= 11 is 4.84. The van der Waals surface area contributed by atoms with Gasteiger partial charge < -0.3 is 15.4 Å². The molecule has 0 spiro atoms. The highest BCUT2D eigenvalue weighted by molar-refractivity contribution is 7.79. The molecule has 1 saturated heterocycles. The van der Waals surface area contributed by atoms with Crippen molar-refractivity contribution >= 4 is 41.4 Å². The first-order valence-corrected chi connectivity index (χ1v) is 9.95. The molecule has 3 rings (SSSR count). The minimum Gasteiger partial charge on any atom is -0.444 e. The molecule has 0 aliphatic carbocycles. The molecule has 1 atom stereocenters. The summed E-state index contributed by atoms with van der Waals surface area (Å²) in [5.74, 6) is -1.07. The van der Waals surface area contributed by atoms with Crippen LogP contribution in [0.15, 0.2) is 29.6 Å². The van der Waals surface area contributed by atoms with Crippen molar-refractivity contribution in [3.05, 3.63) is 46.3 Å². The Hall–Kier alpha value is -3.27. The van der Waals surface area contributed by atoms with E-state index in [1.165, 1.54) is 10.3 Å². The van der Waals surface area contributed by atoms with Crippen LogP contribution >= 0.6 is 12.2 Å². The second kappa shape index (κ2) is 9.04. The smallest absolute Gasteiger partial charge is 0.412 e. The van der Waals surface area contributed by atoms with Crippen LogP contribution in [0.5, 0.6) is 0 Å². The third kappa shape index (κ3) is 4.48. The zero-order valence-electron chi connectivity index (χ0n) is 16.4. The van der Waals surface area contributed by atoms with Crippen molar-refractivity contribution in [2.24, 2.45) is 5.73 Å². The van der Waals surface area contributed by atoms with E-state index in [1.807, 2.05) is 6.92 Å². The molecule has 2 aliphatic heterocycles. The number of alkyl carbamates (subject to hydrolysis) is 1. The van der Waals surface area contributed by atoms with Gasteiger partial charge in [-0.05, 0) is 30.0 Å². The zero-order valence-corrected chi connectivity index (χ0v) is 17.2. The van der Waals surface area contributed by atoms with Crippen LogP contribution in [-0.4, -0.2) is 40.1 Å². The number of allylic oxidation sites excluding steroid dienone is 2. The van der Waals surface area contributed by atoms with Crippen molar-refractivity contribution in [3.8, 4) is 0 Å². The number of hydrogen-bond acceptors (Lipinski definition) is 7. The number of nitrogens with one attached hydrogen (secondary N) is 2. The highest BCUT2D eigenvalue weighted by Crippen LogP contribution is 2.28. The molecular formula is C20H22N4O5S. The number of benzene rings is 1. The predicted molar refractivity (Wildman–Crippen MR) is 111 cm³/mol. The number of rotatable bonds is 6. The SMILES string of the molecule is CC/C(N)=C(/C=S)NC(=O)OCc1ccc2c(c1)C(=O)N(C1CCC(=O)NC1=O)C2. The van der Waals surface area contributed by atoms with E-state index >= 15 is 0 Å². The number of piperidine rings is 1. The van der Waals surface area contributed by atoms with Gasteiger partial charge in [0.25, 0.3) is 5.91 Å².